The van der Waals surface area contributed by atoms with Crippen molar-refractivity contribution in [3.8, 4) is 11.4 Å². The molecule has 0 radical (unpaired) electrons. The largest absolute Gasteiger partial charge is 0.371 e. The summed E-state index contributed by atoms with van der Waals surface area (Å²) in [5.41, 5.74) is 1.61. The molecule has 2 saturated heterocycles. The van der Waals surface area contributed by atoms with E-state index >= 15 is 0 Å². The van der Waals surface area contributed by atoms with Crippen molar-refractivity contribution in [1.29, 1.82) is 0 Å². The summed E-state index contributed by atoms with van der Waals surface area (Å²) >= 11 is 0. The quantitative estimate of drug-likeness (QED) is 0.871. The molecule has 2 aromatic heterocycles. The third-order valence-corrected chi connectivity index (χ3v) is 6.20. The minimum atomic E-state index is 0.0344. The summed E-state index contributed by atoms with van der Waals surface area (Å²) in [4.78, 5) is 4.35. The average Bonchev–Trinajstić information content (AvgIpc) is 3.44. The summed E-state index contributed by atoms with van der Waals surface area (Å²) < 4.78 is 14.1. The number of fused-ring (bicyclic) bond motifs is 1. The van der Waals surface area contributed by atoms with Gasteiger partial charge in [0.15, 0.2) is 0 Å². The van der Waals surface area contributed by atoms with Crippen molar-refractivity contribution in [2.75, 3.05) is 19.8 Å². The Morgan fingerprint density at radius 3 is 2.78 bits per heavy atom. The highest BCUT2D eigenvalue weighted by molar-refractivity contribution is 5.51. The van der Waals surface area contributed by atoms with Crippen molar-refractivity contribution in [1.82, 2.24) is 25.3 Å². The van der Waals surface area contributed by atoms with Gasteiger partial charge in [0.25, 0.3) is 0 Å². The van der Waals surface area contributed by atoms with Crippen LogP contribution in [0.1, 0.15) is 38.1 Å². The van der Waals surface area contributed by atoms with E-state index in [1.807, 2.05) is 29.1 Å². The monoisotopic (exact) mass is 369 g/mol. The van der Waals surface area contributed by atoms with Crippen molar-refractivity contribution >= 4 is 0 Å². The van der Waals surface area contributed by atoms with Crippen LogP contribution in [0.5, 0.6) is 0 Å². The lowest BCUT2D eigenvalue weighted by Crippen LogP contribution is -2.43. The standard InChI is InChI=1S/C20H27N5O2/c1-2-6-14(7-3-1)10-22-17-12-26-20-18(13-27-19(17)20)25-11-16(23-24-25)15-8-4-5-9-21-15/h4-5,8-9,11,14,17-20,22H,1-3,6-7,10,12-13H2/t17-,18+,19-,20+/m0/s1. The van der Waals surface area contributed by atoms with Gasteiger partial charge in [0.2, 0.25) is 0 Å². The predicted molar refractivity (Wildman–Crippen MR) is 100 cm³/mol. The van der Waals surface area contributed by atoms with Gasteiger partial charge in [-0.15, -0.1) is 5.10 Å². The van der Waals surface area contributed by atoms with Gasteiger partial charge in [0.1, 0.15) is 23.9 Å². The fourth-order valence-electron chi connectivity index (χ4n) is 4.66. The van der Waals surface area contributed by atoms with Crippen LogP contribution in [0.2, 0.25) is 0 Å². The molecule has 1 aliphatic carbocycles. The van der Waals surface area contributed by atoms with Crippen LogP contribution >= 0.6 is 0 Å². The van der Waals surface area contributed by atoms with E-state index in [9.17, 15) is 0 Å². The van der Waals surface area contributed by atoms with Crippen molar-refractivity contribution < 1.29 is 9.47 Å². The Morgan fingerprint density at radius 1 is 1.04 bits per heavy atom. The number of pyridine rings is 1. The fourth-order valence-corrected chi connectivity index (χ4v) is 4.66. The molecule has 0 aromatic carbocycles. The van der Waals surface area contributed by atoms with Gasteiger partial charge in [-0.25, -0.2) is 4.68 Å². The molecule has 0 amide bonds. The topological polar surface area (TPSA) is 74.1 Å². The molecule has 4 atom stereocenters. The van der Waals surface area contributed by atoms with Crippen molar-refractivity contribution in [3.63, 3.8) is 0 Å². The molecular weight excluding hydrogens is 342 g/mol. The molecule has 4 heterocycles. The maximum atomic E-state index is 6.12. The first-order valence-electron chi connectivity index (χ1n) is 10.2. The van der Waals surface area contributed by atoms with Crippen molar-refractivity contribution in [2.45, 2.75) is 56.4 Å². The molecule has 5 rings (SSSR count). The summed E-state index contributed by atoms with van der Waals surface area (Å²) in [5.74, 6) is 0.811. The van der Waals surface area contributed by atoms with Crippen LogP contribution in [0.3, 0.4) is 0 Å². The SMILES string of the molecule is c1ccc(-c2cn([C@@H]3CO[C@@H]4[C@@H]3OC[C@@H]4NCC3CCCCC3)nn2)nc1. The summed E-state index contributed by atoms with van der Waals surface area (Å²) in [6.45, 7) is 2.40. The van der Waals surface area contributed by atoms with Gasteiger partial charge in [-0.1, -0.05) is 30.5 Å². The second kappa shape index (κ2) is 7.66. The Bertz CT molecular complexity index is 746. The molecule has 1 N–H and O–H groups in total. The second-order valence-electron chi connectivity index (χ2n) is 7.98. The molecular formula is C20H27N5O2. The maximum Gasteiger partial charge on any atom is 0.131 e. The number of nitrogens with zero attached hydrogens (tertiary/aromatic N) is 4. The molecule has 0 unspecified atom stereocenters. The van der Waals surface area contributed by atoms with E-state index in [0.717, 1.165) is 23.9 Å². The van der Waals surface area contributed by atoms with E-state index < -0.39 is 0 Å². The number of rotatable bonds is 5. The van der Waals surface area contributed by atoms with Gasteiger partial charge in [0.05, 0.1) is 31.1 Å². The zero-order valence-corrected chi connectivity index (χ0v) is 15.5. The number of hydrogen-bond acceptors (Lipinski definition) is 6. The molecule has 3 aliphatic rings. The van der Waals surface area contributed by atoms with Crippen LogP contribution in [0.4, 0.5) is 0 Å². The van der Waals surface area contributed by atoms with Crippen LogP contribution in [0.15, 0.2) is 30.6 Å². The molecule has 7 heteroatoms. The molecule has 7 nitrogen and oxygen atoms in total. The Hall–Kier alpha value is -1.83. The molecule has 3 fully saturated rings. The Labute approximate surface area is 159 Å². The average molecular weight is 369 g/mol. The third kappa shape index (κ3) is 3.51. The lowest BCUT2D eigenvalue weighted by atomic mass is 9.89. The van der Waals surface area contributed by atoms with Crippen LogP contribution in [-0.2, 0) is 9.47 Å². The van der Waals surface area contributed by atoms with Crippen molar-refractivity contribution in [2.24, 2.45) is 5.92 Å². The zero-order valence-electron chi connectivity index (χ0n) is 15.5. The summed E-state index contributed by atoms with van der Waals surface area (Å²) in [7, 11) is 0. The van der Waals surface area contributed by atoms with Gasteiger partial charge in [-0.2, -0.15) is 0 Å². The van der Waals surface area contributed by atoms with E-state index in [4.69, 9.17) is 9.47 Å². The van der Waals surface area contributed by atoms with Gasteiger partial charge < -0.3 is 14.8 Å². The maximum absolute atomic E-state index is 6.12. The molecule has 0 bridgehead atoms. The van der Waals surface area contributed by atoms with E-state index in [1.165, 1.54) is 32.1 Å². The number of ether oxygens (including phenoxy) is 2. The van der Waals surface area contributed by atoms with Crippen molar-refractivity contribution in [3.05, 3.63) is 30.6 Å². The minimum Gasteiger partial charge on any atom is -0.371 e. The van der Waals surface area contributed by atoms with Crippen LogP contribution in [0, 0.1) is 5.92 Å². The third-order valence-electron chi connectivity index (χ3n) is 6.20. The Kier molecular flexibility index (Phi) is 4.90. The van der Waals surface area contributed by atoms with Gasteiger partial charge in [-0.3, -0.25) is 4.98 Å². The Morgan fingerprint density at radius 2 is 1.93 bits per heavy atom. The van der Waals surface area contributed by atoms with E-state index in [2.05, 4.69) is 20.6 Å². The molecule has 2 aliphatic heterocycles. The molecule has 1 saturated carbocycles. The molecule has 144 valence electrons. The summed E-state index contributed by atoms with van der Waals surface area (Å²) in [5, 5.41) is 12.3. The lowest BCUT2D eigenvalue weighted by Gasteiger charge is -2.25. The summed E-state index contributed by atoms with van der Waals surface area (Å²) in [6.07, 6.45) is 10.7. The number of nitrogens with one attached hydrogen (secondary N) is 1. The Balaban J connectivity index is 1.22. The number of aromatic nitrogens is 4. The van der Waals surface area contributed by atoms with Gasteiger partial charge in [-0.05, 0) is 37.4 Å². The van der Waals surface area contributed by atoms with Gasteiger partial charge >= 0.3 is 0 Å². The van der Waals surface area contributed by atoms with Crippen LogP contribution in [-0.4, -0.2) is 58.0 Å². The smallest absolute Gasteiger partial charge is 0.131 e. The first kappa shape index (κ1) is 17.3. The lowest BCUT2D eigenvalue weighted by molar-refractivity contribution is 0.0618. The van der Waals surface area contributed by atoms with Crippen LogP contribution in [0.25, 0.3) is 11.4 Å². The van der Waals surface area contributed by atoms with Crippen LogP contribution < -0.4 is 5.32 Å². The van der Waals surface area contributed by atoms with Gasteiger partial charge in [0, 0.05) is 6.20 Å². The van der Waals surface area contributed by atoms with E-state index in [-0.39, 0.29) is 24.3 Å². The number of hydrogen-bond donors (Lipinski definition) is 1. The first-order valence-corrected chi connectivity index (χ1v) is 10.2. The fraction of sp³-hybridized carbons (Fsp3) is 0.650. The normalized spacial score (nSPS) is 31.3. The predicted octanol–water partition coefficient (Wildman–Crippen LogP) is 2.22. The summed E-state index contributed by atoms with van der Waals surface area (Å²) in [6, 6.07) is 6.15. The zero-order chi connectivity index (χ0) is 18.1. The highest BCUT2D eigenvalue weighted by atomic mass is 16.6. The highest BCUT2D eigenvalue weighted by Gasteiger charge is 2.48. The van der Waals surface area contributed by atoms with E-state index in [1.54, 1.807) is 6.20 Å². The van der Waals surface area contributed by atoms with E-state index in [0.29, 0.717) is 13.2 Å². The minimum absolute atomic E-state index is 0.0344. The second-order valence-corrected chi connectivity index (χ2v) is 7.98. The molecule has 2 aromatic rings. The highest BCUT2D eigenvalue weighted by Crippen LogP contribution is 2.34. The molecule has 27 heavy (non-hydrogen) atoms. The first-order chi connectivity index (χ1) is 13.4. The molecule has 0 spiro atoms.